The molecule has 2 unspecified atom stereocenters. The monoisotopic (exact) mass is 257 g/mol. The third-order valence-electron chi connectivity index (χ3n) is 3.79. The molecule has 0 amide bonds. The second-order valence-corrected chi connectivity index (χ2v) is 4.96. The van der Waals surface area contributed by atoms with Crippen LogP contribution in [-0.2, 0) is 6.42 Å². The van der Waals surface area contributed by atoms with Gasteiger partial charge in [0.25, 0.3) is 0 Å². The molecule has 1 aromatic heterocycles. The summed E-state index contributed by atoms with van der Waals surface area (Å²) in [6, 6.07) is 11.5. The lowest BCUT2D eigenvalue weighted by Gasteiger charge is -2.32. The fraction of sp³-hybridized carbons (Fsp3) is 0.267. The molecule has 1 aliphatic rings. The zero-order valence-electron chi connectivity index (χ0n) is 10.5. The molecule has 1 heterocycles. The Morgan fingerprint density at radius 2 is 2.16 bits per heavy atom. The van der Waals surface area contributed by atoms with E-state index in [-0.39, 0.29) is 11.9 Å². The number of hydrazine groups is 1. The van der Waals surface area contributed by atoms with Gasteiger partial charge in [-0.2, -0.15) is 0 Å². The quantitative estimate of drug-likeness (QED) is 0.653. The van der Waals surface area contributed by atoms with E-state index in [2.05, 4.69) is 34.7 Å². The smallest absolute Gasteiger partial charge is 0.141 e. The molecule has 0 radical (unpaired) electrons. The lowest BCUT2D eigenvalue weighted by Crippen LogP contribution is -2.32. The Kier molecular flexibility index (Phi) is 3.27. The number of halogens is 1. The SMILES string of the molecule is NNC(CC1Cc2ccccc21)c1ccc(F)cn1. The highest BCUT2D eigenvalue weighted by molar-refractivity contribution is 5.40. The number of nitrogens with zero attached hydrogens (tertiary/aromatic N) is 1. The van der Waals surface area contributed by atoms with E-state index in [9.17, 15) is 4.39 Å². The van der Waals surface area contributed by atoms with E-state index >= 15 is 0 Å². The van der Waals surface area contributed by atoms with Crippen LogP contribution in [0.1, 0.15) is 35.2 Å². The normalized spacial score (nSPS) is 18.5. The van der Waals surface area contributed by atoms with Gasteiger partial charge >= 0.3 is 0 Å². The van der Waals surface area contributed by atoms with Gasteiger partial charge in [-0.1, -0.05) is 24.3 Å². The van der Waals surface area contributed by atoms with Gasteiger partial charge in [-0.25, -0.2) is 4.39 Å². The van der Waals surface area contributed by atoms with E-state index in [0.717, 1.165) is 18.5 Å². The van der Waals surface area contributed by atoms with Gasteiger partial charge in [0, 0.05) is 0 Å². The average molecular weight is 257 g/mol. The van der Waals surface area contributed by atoms with Gasteiger partial charge in [-0.15, -0.1) is 0 Å². The molecular formula is C15H16FN3. The van der Waals surface area contributed by atoms with E-state index in [0.29, 0.717) is 5.92 Å². The maximum atomic E-state index is 12.9. The first kappa shape index (κ1) is 12.3. The number of benzene rings is 1. The molecule has 3 N–H and O–H groups in total. The fourth-order valence-electron chi connectivity index (χ4n) is 2.73. The second kappa shape index (κ2) is 5.07. The number of aromatic nitrogens is 1. The lowest BCUT2D eigenvalue weighted by atomic mass is 9.74. The van der Waals surface area contributed by atoms with E-state index in [1.807, 2.05) is 0 Å². The van der Waals surface area contributed by atoms with Crippen LogP contribution in [0.4, 0.5) is 4.39 Å². The average Bonchev–Trinajstić information content (AvgIpc) is 2.42. The molecule has 98 valence electrons. The first-order chi connectivity index (χ1) is 9.28. The standard InChI is InChI=1S/C15H16FN3/c16-12-5-6-14(18-9-12)15(19-17)8-11-7-10-3-1-2-4-13(10)11/h1-6,9,11,15,19H,7-8,17H2. The molecule has 0 spiro atoms. The van der Waals surface area contributed by atoms with Crippen molar-refractivity contribution in [2.75, 3.05) is 0 Å². The van der Waals surface area contributed by atoms with E-state index in [1.54, 1.807) is 6.07 Å². The van der Waals surface area contributed by atoms with E-state index in [4.69, 9.17) is 5.84 Å². The number of fused-ring (bicyclic) bond motifs is 1. The molecule has 4 heteroatoms. The highest BCUT2D eigenvalue weighted by Crippen LogP contribution is 2.40. The molecular weight excluding hydrogens is 241 g/mol. The summed E-state index contributed by atoms with van der Waals surface area (Å²) in [7, 11) is 0. The molecule has 0 saturated heterocycles. The third-order valence-corrected chi connectivity index (χ3v) is 3.79. The zero-order valence-corrected chi connectivity index (χ0v) is 10.5. The van der Waals surface area contributed by atoms with Crippen molar-refractivity contribution >= 4 is 0 Å². The van der Waals surface area contributed by atoms with Crippen LogP contribution >= 0.6 is 0 Å². The number of hydrogen-bond acceptors (Lipinski definition) is 3. The maximum absolute atomic E-state index is 12.9. The summed E-state index contributed by atoms with van der Waals surface area (Å²) in [4.78, 5) is 4.10. The van der Waals surface area contributed by atoms with E-state index < -0.39 is 0 Å². The number of nitrogens with two attached hydrogens (primary N) is 1. The van der Waals surface area contributed by atoms with Crippen LogP contribution in [0.3, 0.4) is 0 Å². The zero-order chi connectivity index (χ0) is 13.2. The Morgan fingerprint density at radius 3 is 2.84 bits per heavy atom. The van der Waals surface area contributed by atoms with Crippen molar-refractivity contribution < 1.29 is 4.39 Å². The van der Waals surface area contributed by atoms with Crippen LogP contribution in [0, 0.1) is 5.82 Å². The summed E-state index contributed by atoms with van der Waals surface area (Å²) in [5.74, 6) is 5.78. The van der Waals surface area contributed by atoms with Gasteiger partial charge < -0.3 is 0 Å². The number of nitrogens with one attached hydrogen (secondary N) is 1. The first-order valence-corrected chi connectivity index (χ1v) is 6.43. The van der Waals surface area contributed by atoms with Gasteiger partial charge in [-0.3, -0.25) is 16.3 Å². The first-order valence-electron chi connectivity index (χ1n) is 6.43. The molecule has 0 saturated carbocycles. The molecule has 0 bridgehead atoms. The van der Waals surface area contributed by atoms with Crippen LogP contribution in [0.2, 0.25) is 0 Å². The van der Waals surface area contributed by atoms with Gasteiger partial charge in [0.15, 0.2) is 0 Å². The molecule has 3 rings (SSSR count). The van der Waals surface area contributed by atoms with Crippen molar-refractivity contribution in [1.29, 1.82) is 0 Å². The second-order valence-electron chi connectivity index (χ2n) is 4.96. The van der Waals surface area contributed by atoms with Crippen LogP contribution in [-0.4, -0.2) is 4.98 Å². The van der Waals surface area contributed by atoms with Crippen molar-refractivity contribution in [3.8, 4) is 0 Å². The number of rotatable bonds is 4. The summed E-state index contributed by atoms with van der Waals surface area (Å²) < 4.78 is 12.9. The van der Waals surface area contributed by atoms with Gasteiger partial charge in [0.2, 0.25) is 0 Å². The summed E-state index contributed by atoms with van der Waals surface area (Å²) in [6.07, 6.45) is 3.19. The minimum atomic E-state index is -0.325. The third kappa shape index (κ3) is 2.37. The largest absolute Gasteiger partial charge is 0.271 e. The van der Waals surface area contributed by atoms with Crippen molar-refractivity contribution in [1.82, 2.24) is 10.4 Å². The number of hydrogen-bond donors (Lipinski definition) is 2. The van der Waals surface area contributed by atoms with Gasteiger partial charge in [0.05, 0.1) is 17.9 Å². The highest BCUT2D eigenvalue weighted by Gasteiger charge is 2.28. The lowest BCUT2D eigenvalue weighted by molar-refractivity contribution is 0.427. The topological polar surface area (TPSA) is 50.9 Å². The Morgan fingerprint density at radius 1 is 1.32 bits per heavy atom. The summed E-state index contributed by atoms with van der Waals surface area (Å²) in [5, 5.41) is 0. The molecule has 0 aliphatic heterocycles. The molecule has 19 heavy (non-hydrogen) atoms. The summed E-state index contributed by atoms with van der Waals surface area (Å²) in [5.41, 5.74) is 6.37. The van der Waals surface area contributed by atoms with Crippen molar-refractivity contribution in [2.45, 2.75) is 24.8 Å². The Balaban J connectivity index is 1.73. The predicted octanol–water partition coefficient (Wildman–Crippen LogP) is 2.46. The molecule has 3 nitrogen and oxygen atoms in total. The molecule has 1 aliphatic carbocycles. The summed E-state index contributed by atoms with van der Waals surface area (Å²) >= 11 is 0. The minimum Gasteiger partial charge on any atom is -0.271 e. The Hall–Kier alpha value is -1.78. The molecule has 2 aromatic rings. The van der Waals surface area contributed by atoms with Gasteiger partial charge in [-0.05, 0) is 42.0 Å². The van der Waals surface area contributed by atoms with Crippen molar-refractivity contribution in [3.63, 3.8) is 0 Å². The Labute approximate surface area is 111 Å². The minimum absolute atomic E-state index is 0.0426. The molecule has 2 atom stereocenters. The summed E-state index contributed by atoms with van der Waals surface area (Å²) in [6.45, 7) is 0. The number of pyridine rings is 1. The molecule has 1 aromatic carbocycles. The Bertz CT molecular complexity index is 568. The van der Waals surface area contributed by atoms with Crippen LogP contribution in [0.15, 0.2) is 42.6 Å². The maximum Gasteiger partial charge on any atom is 0.141 e. The molecule has 0 fully saturated rings. The predicted molar refractivity (Wildman–Crippen MR) is 71.8 cm³/mol. The van der Waals surface area contributed by atoms with E-state index in [1.165, 1.54) is 23.4 Å². The van der Waals surface area contributed by atoms with Crippen molar-refractivity contribution in [3.05, 3.63) is 65.2 Å². The van der Waals surface area contributed by atoms with Crippen LogP contribution in [0.5, 0.6) is 0 Å². The van der Waals surface area contributed by atoms with Crippen LogP contribution < -0.4 is 11.3 Å². The highest BCUT2D eigenvalue weighted by atomic mass is 19.1. The fourth-order valence-corrected chi connectivity index (χ4v) is 2.73. The van der Waals surface area contributed by atoms with Crippen molar-refractivity contribution in [2.24, 2.45) is 5.84 Å². The van der Waals surface area contributed by atoms with Crippen LogP contribution in [0.25, 0.3) is 0 Å². The van der Waals surface area contributed by atoms with Gasteiger partial charge in [0.1, 0.15) is 5.82 Å².